The van der Waals surface area contributed by atoms with Gasteiger partial charge in [0, 0.05) is 27.2 Å². The lowest BCUT2D eigenvalue weighted by molar-refractivity contribution is -0.122. The minimum absolute atomic E-state index is 0.0402. The van der Waals surface area contributed by atoms with Gasteiger partial charge in [-0.3, -0.25) is 14.7 Å². The highest BCUT2D eigenvalue weighted by Crippen LogP contribution is 2.37. The molecule has 0 aliphatic heterocycles. The molecule has 2 heterocycles. The van der Waals surface area contributed by atoms with Crippen LogP contribution in [0.15, 0.2) is 65.6 Å². The van der Waals surface area contributed by atoms with Crippen LogP contribution in [0.1, 0.15) is 36.9 Å². The molecule has 0 spiro atoms. The smallest absolute Gasteiger partial charge is 0.225 e. The first kappa shape index (κ1) is 21.4. The van der Waals surface area contributed by atoms with Gasteiger partial charge in [0.15, 0.2) is 5.43 Å². The van der Waals surface area contributed by atoms with E-state index in [4.69, 9.17) is 4.74 Å². The molecule has 7 heteroatoms. The van der Waals surface area contributed by atoms with Gasteiger partial charge >= 0.3 is 0 Å². The normalized spacial score (nSPS) is 14.9. The number of H-pyrrole nitrogens is 1. The summed E-state index contributed by atoms with van der Waals surface area (Å²) in [5, 5.41) is 11.0. The fourth-order valence-corrected chi connectivity index (χ4v) is 5.73. The lowest BCUT2D eigenvalue weighted by Gasteiger charge is -2.29. The molecule has 1 aliphatic rings. The summed E-state index contributed by atoms with van der Waals surface area (Å²) in [6, 6.07) is 17.0. The number of hydrogen-bond acceptors (Lipinski definition) is 5. The van der Waals surface area contributed by atoms with Gasteiger partial charge in [0.25, 0.3) is 0 Å². The van der Waals surface area contributed by atoms with E-state index in [9.17, 15) is 9.59 Å². The van der Waals surface area contributed by atoms with Gasteiger partial charge in [-0.1, -0.05) is 18.9 Å². The van der Waals surface area contributed by atoms with E-state index in [1.807, 2.05) is 48.5 Å². The molecule has 0 unspecified atom stereocenters. The van der Waals surface area contributed by atoms with Gasteiger partial charge in [0.2, 0.25) is 5.91 Å². The maximum atomic E-state index is 13.0. The molecule has 1 amide bonds. The van der Waals surface area contributed by atoms with Crippen LogP contribution in [0.25, 0.3) is 20.5 Å². The number of nitrogens with one attached hydrogen (secondary N) is 2. The Balaban J connectivity index is 1.37. The highest BCUT2D eigenvalue weighted by Gasteiger charge is 2.38. The third-order valence-corrected chi connectivity index (χ3v) is 7.53. The second-order valence-corrected chi connectivity index (χ2v) is 9.60. The molecule has 0 radical (unpaired) electrons. The first-order valence-corrected chi connectivity index (χ1v) is 11.9. The van der Waals surface area contributed by atoms with Crippen LogP contribution in [0, 0.1) is 0 Å². The first-order chi connectivity index (χ1) is 16.1. The Morgan fingerprint density at radius 3 is 2.61 bits per heavy atom. The molecule has 1 aliphatic carbocycles. The molecular weight excluding hydrogens is 434 g/mol. The quantitative estimate of drug-likeness (QED) is 0.434. The monoisotopic (exact) mass is 459 g/mol. The minimum atomic E-state index is -0.372. The summed E-state index contributed by atoms with van der Waals surface area (Å²) in [6.07, 6.45) is 5.91. The number of methoxy groups -OCH3 is 1. The van der Waals surface area contributed by atoms with Crippen molar-refractivity contribution < 1.29 is 9.53 Å². The van der Waals surface area contributed by atoms with E-state index >= 15 is 0 Å². The van der Waals surface area contributed by atoms with E-state index < -0.39 is 0 Å². The fourth-order valence-electron chi connectivity index (χ4n) is 4.67. The molecular formula is C26H25N3O3S. The molecule has 0 atom stereocenters. The van der Waals surface area contributed by atoms with E-state index in [1.54, 1.807) is 30.7 Å². The topological polar surface area (TPSA) is 84.1 Å². The summed E-state index contributed by atoms with van der Waals surface area (Å²) in [5.41, 5.74) is 2.36. The predicted octanol–water partition coefficient (Wildman–Crippen LogP) is 4.79. The van der Waals surface area contributed by atoms with Crippen LogP contribution in [-0.2, 0) is 16.8 Å². The molecule has 1 fully saturated rings. The van der Waals surface area contributed by atoms with Gasteiger partial charge in [-0.15, -0.1) is 11.3 Å². The number of rotatable bonds is 6. The number of aromatic amines is 1. The molecule has 2 aromatic carbocycles. The number of ether oxygens (including phenoxy) is 1. The lowest BCUT2D eigenvalue weighted by atomic mass is 9.92. The summed E-state index contributed by atoms with van der Waals surface area (Å²) >= 11 is 1.57. The highest BCUT2D eigenvalue weighted by atomic mass is 32.1. The maximum absolute atomic E-state index is 13.0. The number of nitrogens with zero attached hydrogens (tertiary/aromatic N) is 1. The predicted molar refractivity (Wildman–Crippen MR) is 131 cm³/mol. The van der Waals surface area contributed by atoms with Crippen LogP contribution >= 0.6 is 11.3 Å². The largest absolute Gasteiger partial charge is 0.497 e. The van der Waals surface area contributed by atoms with Crippen LogP contribution in [-0.4, -0.2) is 23.2 Å². The van der Waals surface area contributed by atoms with E-state index in [1.165, 1.54) is 0 Å². The van der Waals surface area contributed by atoms with Gasteiger partial charge < -0.3 is 10.1 Å². The Morgan fingerprint density at radius 1 is 1.12 bits per heavy atom. The molecule has 6 nitrogen and oxygen atoms in total. The van der Waals surface area contributed by atoms with Crippen molar-refractivity contribution in [2.45, 2.75) is 37.6 Å². The van der Waals surface area contributed by atoms with Crippen molar-refractivity contribution in [2.75, 3.05) is 7.11 Å². The van der Waals surface area contributed by atoms with E-state index in [-0.39, 0.29) is 23.3 Å². The van der Waals surface area contributed by atoms with Crippen molar-refractivity contribution >= 4 is 27.3 Å². The van der Waals surface area contributed by atoms with Crippen LogP contribution < -0.4 is 15.5 Å². The summed E-state index contributed by atoms with van der Waals surface area (Å²) in [6.45, 7) is 0. The number of benzene rings is 2. The Bertz CT molecular complexity index is 1340. The molecule has 0 saturated heterocycles. The fraction of sp³-hybridized carbons (Fsp3) is 0.269. The van der Waals surface area contributed by atoms with Gasteiger partial charge in [-0.2, -0.15) is 5.10 Å². The number of aromatic nitrogens is 2. The zero-order valence-corrected chi connectivity index (χ0v) is 19.2. The van der Waals surface area contributed by atoms with E-state index in [2.05, 4.69) is 15.5 Å². The van der Waals surface area contributed by atoms with Gasteiger partial charge in [-0.05, 0) is 66.4 Å². The van der Waals surface area contributed by atoms with Crippen molar-refractivity contribution in [2.24, 2.45) is 0 Å². The van der Waals surface area contributed by atoms with Crippen LogP contribution in [0.2, 0.25) is 0 Å². The Morgan fingerprint density at radius 2 is 1.91 bits per heavy atom. The summed E-state index contributed by atoms with van der Waals surface area (Å²) < 4.78 is 6.12. The van der Waals surface area contributed by atoms with Crippen LogP contribution in [0.5, 0.6) is 5.75 Å². The zero-order valence-electron chi connectivity index (χ0n) is 18.4. The molecule has 2 N–H and O–H groups in total. The van der Waals surface area contributed by atoms with Crippen molar-refractivity contribution in [3.05, 3.63) is 82.3 Å². The van der Waals surface area contributed by atoms with Crippen molar-refractivity contribution in [1.82, 2.24) is 15.5 Å². The van der Waals surface area contributed by atoms with Gasteiger partial charge in [0.1, 0.15) is 5.75 Å². The second kappa shape index (κ2) is 8.83. The minimum Gasteiger partial charge on any atom is -0.497 e. The Kier molecular flexibility index (Phi) is 5.72. The maximum Gasteiger partial charge on any atom is 0.225 e. The molecule has 0 bridgehead atoms. The van der Waals surface area contributed by atoms with Gasteiger partial charge in [0.05, 0.1) is 24.8 Å². The highest BCUT2D eigenvalue weighted by molar-refractivity contribution is 7.21. The SMILES string of the molecule is COc1ccc(-c2cc(=O)c3cc(CC(=O)NC4(c5ccn[nH]5)CCCC4)ccc3s2)cc1. The number of carbonyl (C=O) groups is 1. The van der Waals surface area contributed by atoms with Gasteiger partial charge in [-0.25, -0.2) is 0 Å². The number of fused-ring (bicyclic) bond motifs is 1. The summed E-state index contributed by atoms with van der Waals surface area (Å²) in [7, 11) is 1.63. The van der Waals surface area contributed by atoms with E-state index in [0.29, 0.717) is 5.39 Å². The molecule has 4 aromatic rings. The molecule has 33 heavy (non-hydrogen) atoms. The molecule has 1 saturated carbocycles. The Hall–Kier alpha value is -3.45. The number of amides is 1. The third kappa shape index (κ3) is 4.28. The van der Waals surface area contributed by atoms with Crippen molar-refractivity contribution in [3.8, 4) is 16.2 Å². The zero-order chi connectivity index (χ0) is 22.8. The summed E-state index contributed by atoms with van der Waals surface area (Å²) in [5.74, 6) is 0.735. The molecule has 168 valence electrons. The average Bonchev–Trinajstić information content (AvgIpc) is 3.52. The first-order valence-electron chi connectivity index (χ1n) is 11.1. The molecule has 5 rings (SSSR count). The second-order valence-electron chi connectivity index (χ2n) is 8.52. The third-order valence-electron chi connectivity index (χ3n) is 6.38. The van der Waals surface area contributed by atoms with Crippen LogP contribution in [0.3, 0.4) is 0 Å². The molecule has 2 aromatic heterocycles. The van der Waals surface area contributed by atoms with E-state index in [0.717, 1.165) is 57.8 Å². The number of carbonyl (C=O) groups excluding carboxylic acids is 1. The standard InChI is InChI=1S/C26H25N3O3S/c1-32-19-7-5-18(6-8-19)23-16-21(30)20-14-17(4-9-22(20)33-23)15-25(31)28-26(11-2-3-12-26)24-10-13-27-29-24/h4-10,13-14,16H,2-3,11-12,15H2,1H3,(H,27,29)(H,28,31). The number of hydrogen-bond donors (Lipinski definition) is 2. The van der Waals surface area contributed by atoms with Crippen LogP contribution in [0.4, 0.5) is 0 Å². The average molecular weight is 460 g/mol. The summed E-state index contributed by atoms with van der Waals surface area (Å²) in [4.78, 5) is 26.7. The van der Waals surface area contributed by atoms with Crippen molar-refractivity contribution in [1.29, 1.82) is 0 Å². The lowest BCUT2D eigenvalue weighted by Crippen LogP contribution is -2.44. The Labute approximate surface area is 195 Å². The van der Waals surface area contributed by atoms with Crippen molar-refractivity contribution in [3.63, 3.8) is 0 Å².